The highest BCUT2D eigenvalue weighted by Gasteiger charge is 2.09. The molecule has 0 saturated carbocycles. The average Bonchev–Trinajstić information content (AvgIpc) is 2.48. The first-order valence-corrected chi connectivity index (χ1v) is 4.23. The van der Waals surface area contributed by atoms with Crippen molar-refractivity contribution in [1.29, 1.82) is 0 Å². The molecule has 4 nitrogen and oxygen atoms in total. The Morgan fingerprint density at radius 3 is 3.00 bits per heavy atom. The SMILES string of the molecule is CCc1cc(N)c2c(C)noc2n1. The lowest BCUT2D eigenvalue weighted by atomic mass is 10.2. The minimum atomic E-state index is 0.536. The van der Waals surface area contributed by atoms with Crippen LogP contribution >= 0.6 is 0 Å². The second-order valence-electron chi connectivity index (χ2n) is 3.00. The Morgan fingerprint density at radius 2 is 2.31 bits per heavy atom. The Labute approximate surface area is 75.7 Å². The van der Waals surface area contributed by atoms with Crippen LogP contribution in [0.25, 0.3) is 11.1 Å². The molecule has 0 aliphatic rings. The minimum absolute atomic E-state index is 0.536. The summed E-state index contributed by atoms with van der Waals surface area (Å²) < 4.78 is 5.03. The first-order valence-electron chi connectivity index (χ1n) is 4.23. The van der Waals surface area contributed by atoms with Crippen LogP contribution in [0.1, 0.15) is 18.3 Å². The molecule has 0 aliphatic carbocycles. The number of nitrogens with two attached hydrogens (primary N) is 1. The zero-order valence-corrected chi connectivity index (χ0v) is 7.66. The molecule has 13 heavy (non-hydrogen) atoms. The number of rotatable bonds is 1. The molecule has 2 aromatic heterocycles. The van der Waals surface area contributed by atoms with E-state index in [9.17, 15) is 0 Å². The maximum atomic E-state index is 5.84. The molecular formula is C9H11N3O. The van der Waals surface area contributed by atoms with Gasteiger partial charge in [0.2, 0.25) is 0 Å². The Kier molecular flexibility index (Phi) is 1.69. The van der Waals surface area contributed by atoms with Crippen molar-refractivity contribution in [2.45, 2.75) is 20.3 Å². The Hall–Kier alpha value is -1.58. The molecule has 0 saturated heterocycles. The van der Waals surface area contributed by atoms with Crippen molar-refractivity contribution >= 4 is 16.8 Å². The summed E-state index contributed by atoms with van der Waals surface area (Å²) >= 11 is 0. The normalized spacial score (nSPS) is 10.9. The number of anilines is 1. The van der Waals surface area contributed by atoms with E-state index >= 15 is 0 Å². The summed E-state index contributed by atoms with van der Waals surface area (Å²) in [5.41, 5.74) is 8.80. The van der Waals surface area contributed by atoms with Crippen molar-refractivity contribution in [3.05, 3.63) is 17.5 Å². The van der Waals surface area contributed by atoms with Crippen LogP contribution in [0.4, 0.5) is 5.69 Å². The van der Waals surface area contributed by atoms with E-state index in [1.54, 1.807) is 0 Å². The second kappa shape index (κ2) is 2.73. The van der Waals surface area contributed by atoms with Gasteiger partial charge in [-0.1, -0.05) is 12.1 Å². The molecule has 0 bridgehead atoms. The number of nitrogen functional groups attached to an aromatic ring is 1. The third kappa shape index (κ3) is 1.14. The number of aromatic nitrogens is 2. The van der Waals surface area contributed by atoms with E-state index < -0.39 is 0 Å². The van der Waals surface area contributed by atoms with Crippen molar-refractivity contribution in [2.75, 3.05) is 5.73 Å². The molecule has 0 aromatic carbocycles. The number of hydrogen-bond acceptors (Lipinski definition) is 4. The number of pyridine rings is 1. The Balaban J connectivity index is 2.79. The monoisotopic (exact) mass is 177 g/mol. The molecular weight excluding hydrogens is 166 g/mol. The predicted octanol–water partition coefficient (Wildman–Crippen LogP) is 1.68. The van der Waals surface area contributed by atoms with Gasteiger partial charge in [-0.2, -0.15) is 0 Å². The van der Waals surface area contributed by atoms with E-state index in [4.69, 9.17) is 10.3 Å². The van der Waals surface area contributed by atoms with E-state index in [2.05, 4.69) is 10.1 Å². The zero-order chi connectivity index (χ0) is 9.42. The fourth-order valence-electron chi connectivity index (χ4n) is 1.36. The van der Waals surface area contributed by atoms with E-state index in [1.807, 2.05) is 19.9 Å². The maximum Gasteiger partial charge on any atom is 0.260 e. The molecule has 0 amide bonds. The highest BCUT2D eigenvalue weighted by Crippen LogP contribution is 2.23. The van der Waals surface area contributed by atoms with Crippen molar-refractivity contribution in [3.63, 3.8) is 0 Å². The number of hydrogen-bond donors (Lipinski definition) is 1. The zero-order valence-electron chi connectivity index (χ0n) is 7.66. The summed E-state index contributed by atoms with van der Waals surface area (Å²) in [7, 11) is 0. The van der Waals surface area contributed by atoms with Crippen molar-refractivity contribution in [3.8, 4) is 0 Å². The molecule has 0 fully saturated rings. The van der Waals surface area contributed by atoms with E-state index in [0.717, 1.165) is 23.2 Å². The van der Waals surface area contributed by atoms with Gasteiger partial charge in [0.1, 0.15) is 0 Å². The van der Waals surface area contributed by atoms with Crippen molar-refractivity contribution < 1.29 is 4.52 Å². The maximum absolute atomic E-state index is 5.84. The first-order chi connectivity index (χ1) is 6.22. The van der Waals surface area contributed by atoms with E-state index in [-0.39, 0.29) is 0 Å². The molecule has 68 valence electrons. The summed E-state index contributed by atoms with van der Waals surface area (Å²) in [6.07, 6.45) is 0.847. The van der Waals surface area contributed by atoms with Crippen molar-refractivity contribution in [2.24, 2.45) is 0 Å². The highest BCUT2D eigenvalue weighted by molar-refractivity contribution is 5.88. The summed E-state index contributed by atoms with van der Waals surface area (Å²) in [5, 5.41) is 4.65. The molecule has 2 aromatic rings. The lowest BCUT2D eigenvalue weighted by molar-refractivity contribution is 0.442. The molecule has 0 aliphatic heterocycles. The quantitative estimate of drug-likeness (QED) is 0.719. The van der Waals surface area contributed by atoms with E-state index in [1.165, 1.54) is 0 Å². The van der Waals surface area contributed by atoms with Crippen LogP contribution < -0.4 is 5.73 Å². The predicted molar refractivity (Wildman–Crippen MR) is 50.3 cm³/mol. The Bertz CT molecular complexity index is 447. The molecule has 0 radical (unpaired) electrons. The van der Waals surface area contributed by atoms with Crippen molar-refractivity contribution in [1.82, 2.24) is 10.1 Å². The van der Waals surface area contributed by atoms with Gasteiger partial charge in [0.25, 0.3) is 5.71 Å². The third-order valence-electron chi connectivity index (χ3n) is 2.06. The lowest BCUT2D eigenvalue weighted by Crippen LogP contribution is -1.93. The van der Waals surface area contributed by atoms with Crippen LogP contribution in [-0.2, 0) is 6.42 Å². The van der Waals surface area contributed by atoms with Gasteiger partial charge >= 0.3 is 0 Å². The van der Waals surface area contributed by atoms with Crippen LogP contribution in [0, 0.1) is 6.92 Å². The van der Waals surface area contributed by atoms with Crippen LogP contribution in [0.5, 0.6) is 0 Å². The van der Waals surface area contributed by atoms with Crippen LogP contribution in [0.15, 0.2) is 10.6 Å². The molecule has 0 spiro atoms. The van der Waals surface area contributed by atoms with Gasteiger partial charge in [0, 0.05) is 11.4 Å². The smallest absolute Gasteiger partial charge is 0.260 e. The summed E-state index contributed by atoms with van der Waals surface area (Å²) in [6.45, 7) is 3.88. The third-order valence-corrected chi connectivity index (χ3v) is 2.06. The van der Waals surface area contributed by atoms with Crippen LogP contribution in [-0.4, -0.2) is 10.1 Å². The summed E-state index contributed by atoms with van der Waals surface area (Å²) in [4.78, 5) is 4.27. The van der Waals surface area contributed by atoms with Crippen LogP contribution in [0.3, 0.4) is 0 Å². The number of aryl methyl sites for hydroxylation is 2. The lowest BCUT2D eigenvalue weighted by Gasteiger charge is -1.98. The fourth-order valence-corrected chi connectivity index (χ4v) is 1.36. The van der Waals surface area contributed by atoms with Gasteiger partial charge in [0.05, 0.1) is 11.1 Å². The fraction of sp³-hybridized carbons (Fsp3) is 0.333. The Morgan fingerprint density at radius 1 is 1.54 bits per heavy atom. The minimum Gasteiger partial charge on any atom is -0.398 e. The molecule has 2 N–H and O–H groups in total. The first kappa shape index (κ1) is 8.04. The summed E-state index contributed by atoms with van der Waals surface area (Å²) in [6, 6.07) is 1.87. The van der Waals surface area contributed by atoms with Gasteiger partial charge in [0.15, 0.2) is 0 Å². The largest absolute Gasteiger partial charge is 0.398 e. The average molecular weight is 177 g/mol. The number of fused-ring (bicyclic) bond motifs is 1. The van der Waals surface area contributed by atoms with Gasteiger partial charge in [-0.3, -0.25) is 0 Å². The number of nitrogens with zero attached hydrogens (tertiary/aromatic N) is 2. The summed E-state index contributed by atoms with van der Waals surface area (Å²) in [5.74, 6) is 0. The van der Waals surface area contributed by atoms with Gasteiger partial charge in [-0.15, -0.1) is 0 Å². The highest BCUT2D eigenvalue weighted by atomic mass is 16.5. The standard InChI is InChI=1S/C9H11N3O/c1-3-6-4-7(10)8-5(2)12-13-9(8)11-6/h4H,3H2,1-2H3,(H2,10,11). The molecule has 0 atom stereocenters. The van der Waals surface area contributed by atoms with Crippen LogP contribution in [0.2, 0.25) is 0 Å². The molecule has 0 unspecified atom stereocenters. The van der Waals surface area contributed by atoms with Gasteiger partial charge in [-0.05, 0) is 19.4 Å². The topological polar surface area (TPSA) is 64.9 Å². The molecule has 4 heteroatoms. The van der Waals surface area contributed by atoms with Gasteiger partial charge < -0.3 is 10.3 Å². The second-order valence-corrected chi connectivity index (χ2v) is 3.00. The molecule has 2 heterocycles. The van der Waals surface area contributed by atoms with Gasteiger partial charge in [-0.25, -0.2) is 4.98 Å². The van der Waals surface area contributed by atoms with E-state index in [0.29, 0.717) is 11.4 Å². The molecule has 2 rings (SSSR count).